The number of rotatable bonds is 2. The van der Waals surface area contributed by atoms with Gasteiger partial charge in [0.25, 0.3) is 0 Å². The minimum Gasteiger partial charge on any atom is -0.508 e. The minimum atomic E-state index is -0.176. The van der Waals surface area contributed by atoms with E-state index in [1.54, 1.807) is 12.1 Å². The topological polar surface area (TPSA) is 63.9 Å². The van der Waals surface area contributed by atoms with E-state index in [0.717, 1.165) is 31.5 Å². The number of aliphatic hydroxyl groups is 1. The molecule has 4 nitrogen and oxygen atoms in total. The fourth-order valence-corrected chi connectivity index (χ4v) is 2.00. The first-order chi connectivity index (χ1) is 7.65. The molecule has 0 spiro atoms. The smallest absolute Gasteiger partial charge is 0.123 e. The Balaban J connectivity index is 1.98. The SMILES string of the molecule is Oc1ccc(CN2CCC(O)CC2)c(O)c1. The summed E-state index contributed by atoms with van der Waals surface area (Å²) in [4.78, 5) is 2.19. The molecule has 1 aromatic rings. The Bertz CT molecular complexity index is 359. The van der Waals surface area contributed by atoms with Gasteiger partial charge >= 0.3 is 0 Å². The fourth-order valence-electron chi connectivity index (χ4n) is 2.00. The van der Waals surface area contributed by atoms with Gasteiger partial charge in [0, 0.05) is 31.3 Å². The molecule has 0 bridgehead atoms. The first-order valence-corrected chi connectivity index (χ1v) is 5.56. The molecule has 1 aliphatic heterocycles. The lowest BCUT2D eigenvalue weighted by Crippen LogP contribution is -2.35. The average Bonchev–Trinajstić information content (AvgIpc) is 2.25. The number of phenolic OH excluding ortho intramolecular Hbond substituents is 2. The molecule has 88 valence electrons. The van der Waals surface area contributed by atoms with Crippen LogP contribution in [0.4, 0.5) is 0 Å². The van der Waals surface area contributed by atoms with Crippen LogP contribution in [0.2, 0.25) is 0 Å². The molecule has 1 saturated heterocycles. The van der Waals surface area contributed by atoms with E-state index in [1.165, 1.54) is 6.07 Å². The van der Waals surface area contributed by atoms with Crippen molar-refractivity contribution in [2.45, 2.75) is 25.5 Å². The number of likely N-dealkylation sites (tertiary alicyclic amines) is 1. The fraction of sp³-hybridized carbons (Fsp3) is 0.500. The second-order valence-electron chi connectivity index (χ2n) is 4.32. The van der Waals surface area contributed by atoms with Crippen LogP contribution in [0.3, 0.4) is 0 Å². The molecule has 1 fully saturated rings. The highest BCUT2D eigenvalue weighted by Crippen LogP contribution is 2.24. The van der Waals surface area contributed by atoms with Gasteiger partial charge in [-0.1, -0.05) is 6.07 Å². The molecule has 0 unspecified atom stereocenters. The van der Waals surface area contributed by atoms with Gasteiger partial charge in [-0.3, -0.25) is 4.90 Å². The number of piperidine rings is 1. The van der Waals surface area contributed by atoms with Crippen LogP contribution in [0, 0.1) is 0 Å². The van der Waals surface area contributed by atoms with Gasteiger partial charge in [-0.2, -0.15) is 0 Å². The van der Waals surface area contributed by atoms with Gasteiger partial charge in [-0.25, -0.2) is 0 Å². The number of aromatic hydroxyl groups is 2. The van der Waals surface area contributed by atoms with Gasteiger partial charge in [0.05, 0.1) is 6.10 Å². The number of benzene rings is 1. The highest BCUT2D eigenvalue weighted by Gasteiger charge is 2.17. The first-order valence-electron chi connectivity index (χ1n) is 5.56. The lowest BCUT2D eigenvalue weighted by atomic mass is 10.1. The molecular weight excluding hydrogens is 206 g/mol. The quantitative estimate of drug-likeness (QED) is 0.701. The van der Waals surface area contributed by atoms with E-state index in [4.69, 9.17) is 0 Å². The zero-order valence-electron chi connectivity index (χ0n) is 9.13. The van der Waals surface area contributed by atoms with Crippen molar-refractivity contribution < 1.29 is 15.3 Å². The van der Waals surface area contributed by atoms with Crippen LogP contribution in [0.15, 0.2) is 18.2 Å². The van der Waals surface area contributed by atoms with E-state index in [0.29, 0.717) is 6.54 Å². The van der Waals surface area contributed by atoms with Gasteiger partial charge < -0.3 is 15.3 Å². The molecule has 16 heavy (non-hydrogen) atoms. The summed E-state index contributed by atoms with van der Waals surface area (Å²) in [5, 5.41) is 28.2. The Labute approximate surface area is 94.8 Å². The van der Waals surface area contributed by atoms with Gasteiger partial charge in [-0.15, -0.1) is 0 Å². The second-order valence-corrected chi connectivity index (χ2v) is 4.32. The van der Waals surface area contributed by atoms with Crippen molar-refractivity contribution in [3.8, 4) is 11.5 Å². The van der Waals surface area contributed by atoms with E-state index in [9.17, 15) is 15.3 Å². The lowest BCUT2D eigenvalue weighted by molar-refractivity contribution is 0.0789. The standard InChI is InChI=1S/C12H17NO3/c14-10-3-5-13(6-4-10)8-9-1-2-11(15)7-12(9)16/h1-2,7,10,14-16H,3-6,8H2. The summed E-state index contributed by atoms with van der Waals surface area (Å²) in [5.41, 5.74) is 0.814. The first kappa shape index (κ1) is 11.2. The number of nitrogens with zero attached hydrogens (tertiary/aromatic N) is 1. The van der Waals surface area contributed by atoms with Crippen molar-refractivity contribution in [2.24, 2.45) is 0 Å². The summed E-state index contributed by atoms with van der Waals surface area (Å²) in [7, 11) is 0. The van der Waals surface area contributed by atoms with Crippen molar-refractivity contribution in [1.29, 1.82) is 0 Å². The molecule has 1 aromatic carbocycles. The molecule has 2 rings (SSSR count). The molecule has 1 heterocycles. The van der Waals surface area contributed by atoms with Crippen LogP contribution in [0.5, 0.6) is 11.5 Å². The molecule has 0 aliphatic carbocycles. The summed E-state index contributed by atoms with van der Waals surface area (Å²) in [6.45, 7) is 2.36. The van der Waals surface area contributed by atoms with Gasteiger partial charge in [0.1, 0.15) is 11.5 Å². The summed E-state index contributed by atoms with van der Waals surface area (Å²) < 4.78 is 0. The van der Waals surface area contributed by atoms with Crippen molar-refractivity contribution in [3.63, 3.8) is 0 Å². The highest BCUT2D eigenvalue weighted by molar-refractivity contribution is 5.38. The van der Waals surface area contributed by atoms with Gasteiger partial charge in [0.2, 0.25) is 0 Å². The van der Waals surface area contributed by atoms with E-state index in [2.05, 4.69) is 4.90 Å². The summed E-state index contributed by atoms with van der Waals surface area (Å²) >= 11 is 0. The van der Waals surface area contributed by atoms with Crippen LogP contribution >= 0.6 is 0 Å². The van der Waals surface area contributed by atoms with Crippen molar-refractivity contribution >= 4 is 0 Å². The largest absolute Gasteiger partial charge is 0.508 e. The molecule has 0 atom stereocenters. The van der Waals surface area contributed by atoms with Crippen molar-refractivity contribution in [1.82, 2.24) is 4.90 Å². The third-order valence-electron chi connectivity index (χ3n) is 3.02. The van der Waals surface area contributed by atoms with E-state index >= 15 is 0 Å². The Hall–Kier alpha value is -1.26. The molecular formula is C12H17NO3. The summed E-state index contributed by atoms with van der Waals surface area (Å²) in [6.07, 6.45) is 1.40. The Morgan fingerprint density at radius 3 is 2.50 bits per heavy atom. The summed E-state index contributed by atoms with van der Waals surface area (Å²) in [6, 6.07) is 4.66. The maximum Gasteiger partial charge on any atom is 0.123 e. The van der Waals surface area contributed by atoms with E-state index in [1.807, 2.05) is 0 Å². The van der Waals surface area contributed by atoms with Crippen molar-refractivity contribution in [2.75, 3.05) is 13.1 Å². The Morgan fingerprint density at radius 2 is 1.88 bits per heavy atom. The number of hydrogen-bond acceptors (Lipinski definition) is 4. The van der Waals surface area contributed by atoms with Crippen LogP contribution in [0.25, 0.3) is 0 Å². The third kappa shape index (κ3) is 2.65. The van der Waals surface area contributed by atoms with Crippen LogP contribution in [-0.4, -0.2) is 39.4 Å². The Morgan fingerprint density at radius 1 is 1.19 bits per heavy atom. The molecule has 0 radical (unpaired) electrons. The average molecular weight is 223 g/mol. The van der Waals surface area contributed by atoms with E-state index < -0.39 is 0 Å². The third-order valence-corrected chi connectivity index (χ3v) is 3.02. The number of phenols is 2. The predicted octanol–water partition coefficient (Wildman–Crippen LogP) is 1.05. The number of aliphatic hydroxyl groups excluding tert-OH is 1. The molecule has 4 heteroatoms. The molecule has 0 aromatic heterocycles. The van der Waals surface area contributed by atoms with E-state index in [-0.39, 0.29) is 17.6 Å². The van der Waals surface area contributed by atoms with Gasteiger partial charge in [-0.05, 0) is 18.9 Å². The summed E-state index contributed by atoms with van der Waals surface area (Å²) in [5.74, 6) is 0.210. The van der Waals surface area contributed by atoms with Crippen molar-refractivity contribution in [3.05, 3.63) is 23.8 Å². The van der Waals surface area contributed by atoms with Crippen LogP contribution in [-0.2, 0) is 6.54 Å². The predicted molar refractivity (Wildman–Crippen MR) is 60.3 cm³/mol. The normalized spacial score (nSPS) is 18.8. The minimum absolute atomic E-state index is 0.0790. The Kier molecular flexibility index (Phi) is 3.31. The molecule has 1 aliphatic rings. The highest BCUT2D eigenvalue weighted by atomic mass is 16.3. The second kappa shape index (κ2) is 4.72. The number of hydrogen-bond donors (Lipinski definition) is 3. The molecule has 0 amide bonds. The lowest BCUT2D eigenvalue weighted by Gasteiger charge is -2.29. The zero-order chi connectivity index (χ0) is 11.5. The zero-order valence-corrected chi connectivity index (χ0v) is 9.13. The maximum atomic E-state index is 9.64. The van der Waals surface area contributed by atoms with Crippen LogP contribution < -0.4 is 0 Å². The monoisotopic (exact) mass is 223 g/mol. The molecule has 3 N–H and O–H groups in total. The molecule has 0 saturated carbocycles. The van der Waals surface area contributed by atoms with Crippen LogP contribution in [0.1, 0.15) is 18.4 Å². The van der Waals surface area contributed by atoms with Gasteiger partial charge in [0.15, 0.2) is 0 Å². The maximum absolute atomic E-state index is 9.64.